The van der Waals surface area contributed by atoms with Gasteiger partial charge in [0, 0.05) is 11.4 Å². The lowest BCUT2D eigenvalue weighted by molar-refractivity contribution is 0.477. The van der Waals surface area contributed by atoms with E-state index in [2.05, 4.69) is 11.9 Å². The van der Waals surface area contributed by atoms with E-state index in [1.807, 2.05) is 0 Å². The Labute approximate surface area is 96.3 Å². The van der Waals surface area contributed by atoms with Gasteiger partial charge in [-0.05, 0) is 24.6 Å². The molecule has 0 aliphatic heterocycles. The molecule has 1 aromatic carbocycles. The summed E-state index contributed by atoms with van der Waals surface area (Å²) in [4.78, 5) is 4.18. The number of anilines is 1. The zero-order valence-corrected chi connectivity index (χ0v) is 9.92. The van der Waals surface area contributed by atoms with Crippen LogP contribution in [-0.4, -0.2) is 14.9 Å². The zero-order chi connectivity index (χ0) is 11.5. The largest absolute Gasteiger partial charge is 0.430 e. The monoisotopic (exact) mass is 238 g/mol. The van der Waals surface area contributed by atoms with Crippen molar-refractivity contribution in [1.82, 2.24) is 4.98 Å². The van der Waals surface area contributed by atoms with Crippen LogP contribution in [-0.2, 0) is 10.8 Å². The fourth-order valence-corrected chi connectivity index (χ4v) is 2.49. The second-order valence-corrected chi connectivity index (χ2v) is 5.06. The SMILES string of the molecule is CCCCS(=O)c1nc2cc(N)ccc2o1. The maximum absolute atomic E-state index is 11.8. The number of aromatic nitrogens is 1. The van der Waals surface area contributed by atoms with Crippen molar-refractivity contribution in [2.24, 2.45) is 0 Å². The first-order chi connectivity index (χ1) is 7.70. The average molecular weight is 238 g/mol. The van der Waals surface area contributed by atoms with Gasteiger partial charge in [-0.15, -0.1) is 0 Å². The van der Waals surface area contributed by atoms with Crippen molar-refractivity contribution in [2.45, 2.75) is 25.0 Å². The molecule has 0 radical (unpaired) electrons. The van der Waals surface area contributed by atoms with E-state index in [0.717, 1.165) is 12.8 Å². The summed E-state index contributed by atoms with van der Waals surface area (Å²) in [7, 11) is -1.14. The summed E-state index contributed by atoms with van der Waals surface area (Å²) in [6, 6.07) is 5.21. The fraction of sp³-hybridized carbons (Fsp3) is 0.364. The van der Waals surface area contributed by atoms with Crippen molar-refractivity contribution < 1.29 is 8.63 Å². The highest BCUT2D eigenvalue weighted by Crippen LogP contribution is 2.20. The summed E-state index contributed by atoms with van der Waals surface area (Å²) in [6.45, 7) is 2.06. The summed E-state index contributed by atoms with van der Waals surface area (Å²) in [5.74, 6) is 0.596. The van der Waals surface area contributed by atoms with Crippen molar-refractivity contribution in [3.8, 4) is 0 Å². The Balaban J connectivity index is 2.28. The third-order valence-electron chi connectivity index (χ3n) is 2.27. The highest BCUT2D eigenvalue weighted by molar-refractivity contribution is 7.84. The minimum absolute atomic E-state index is 0.300. The van der Waals surface area contributed by atoms with Crippen LogP contribution in [0.5, 0.6) is 0 Å². The minimum atomic E-state index is -1.14. The number of benzene rings is 1. The van der Waals surface area contributed by atoms with Crippen molar-refractivity contribution in [2.75, 3.05) is 11.5 Å². The molecule has 0 fully saturated rings. The molecule has 0 saturated heterocycles. The molecule has 0 bridgehead atoms. The molecule has 0 aliphatic carbocycles. The molecule has 16 heavy (non-hydrogen) atoms. The maximum Gasteiger partial charge on any atom is 0.287 e. The molecular formula is C11H14N2O2S. The lowest BCUT2D eigenvalue weighted by Gasteiger charge is -1.93. The molecule has 0 saturated carbocycles. The molecule has 1 aromatic heterocycles. The zero-order valence-electron chi connectivity index (χ0n) is 9.10. The van der Waals surface area contributed by atoms with Crippen LogP contribution in [0.4, 0.5) is 5.69 Å². The molecule has 86 valence electrons. The number of unbranched alkanes of at least 4 members (excludes halogenated alkanes) is 1. The lowest BCUT2D eigenvalue weighted by atomic mass is 10.3. The molecular weight excluding hydrogens is 224 g/mol. The van der Waals surface area contributed by atoms with E-state index in [1.54, 1.807) is 18.2 Å². The first kappa shape index (κ1) is 11.1. The summed E-state index contributed by atoms with van der Waals surface area (Å²) in [5, 5.41) is 0.300. The predicted molar refractivity (Wildman–Crippen MR) is 64.6 cm³/mol. The van der Waals surface area contributed by atoms with Gasteiger partial charge in [0.1, 0.15) is 16.3 Å². The van der Waals surface area contributed by atoms with E-state index < -0.39 is 10.8 Å². The Hall–Kier alpha value is -1.36. The number of nitrogens with zero attached hydrogens (tertiary/aromatic N) is 1. The van der Waals surface area contributed by atoms with Gasteiger partial charge in [-0.1, -0.05) is 13.3 Å². The van der Waals surface area contributed by atoms with Gasteiger partial charge in [-0.3, -0.25) is 0 Å². The third-order valence-corrected chi connectivity index (χ3v) is 3.49. The predicted octanol–water partition coefficient (Wildman–Crippen LogP) is 2.32. The van der Waals surface area contributed by atoms with E-state index in [9.17, 15) is 4.21 Å². The van der Waals surface area contributed by atoms with Gasteiger partial charge >= 0.3 is 0 Å². The van der Waals surface area contributed by atoms with E-state index in [1.165, 1.54) is 0 Å². The third kappa shape index (κ3) is 2.24. The molecule has 1 unspecified atom stereocenters. The van der Waals surface area contributed by atoms with Crippen LogP contribution in [0.15, 0.2) is 27.8 Å². The fourth-order valence-electron chi connectivity index (χ4n) is 1.38. The highest BCUT2D eigenvalue weighted by Gasteiger charge is 2.12. The van der Waals surface area contributed by atoms with Gasteiger partial charge in [0.05, 0.1) is 0 Å². The molecule has 1 heterocycles. The highest BCUT2D eigenvalue weighted by atomic mass is 32.2. The normalized spacial score (nSPS) is 13.1. The lowest BCUT2D eigenvalue weighted by Crippen LogP contribution is -1.97. The summed E-state index contributed by atoms with van der Waals surface area (Å²) in [6.07, 6.45) is 1.92. The van der Waals surface area contributed by atoms with Crippen LogP contribution < -0.4 is 5.73 Å². The smallest absolute Gasteiger partial charge is 0.287 e. The second kappa shape index (κ2) is 4.65. The van der Waals surface area contributed by atoms with E-state index in [4.69, 9.17) is 10.2 Å². The van der Waals surface area contributed by atoms with Gasteiger partial charge < -0.3 is 10.2 Å². The van der Waals surface area contributed by atoms with Gasteiger partial charge in [0.25, 0.3) is 5.22 Å². The molecule has 0 aliphatic rings. The van der Waals surface area contributed by atoms with Crippen molar-refractivity contribution in [3.63, 3.8) is 0 Å². The number of hydrogen-bond acceptors (Lipinski definition) is 4. The Morgan fingerprint density at radius 1 is 1.50 bits per heavy atom. The van der Waals surface area contributed by atoms with Crippen LogP contribution in [0.25, 0.3) is 11.1 Å². The number of oxazole rings is 1. The molecule has 0 spiro atoms. The quantitative estimate of drug-likeness (QED) is 0.830. The Morgan fingerprint density at radius 2 is 2.31 bits per heavy atom. The number of rotatable bonds is 4. The first-order valence-corrected chi connectivity index (χ1v) is 6.57. The van der Waals surface area contributed by atoms with Gasteiger partial charge in [0.15, 0.2) is 5.58 Å². The second-order valence-electron chi connectivity index (χ2n) is 3.61. The molecule has 4 nitrogen and oxygen atoms in total. The Kier molecular flexibility index (Phi) is 3.24. The van der Waals surface area contributed by atoms with Crippen LogP contribution in [0.2, 0.25) is 0 Å². The summed E-state index contributed by atoms with van der Waals surface area (Å²) < 4.78 is 17.2. The van der Waals surface area contributed by atoms with Crippen LogP contribution in [0.1, 0.15) is 19.8 Å². The molecule has 2 N–H and O–H groups in total. The van der Waals surface area contributed by atoms with Gasteiger partial charge in [-0.2, -0.15) is 0 Å². The average Bonchev–Trinajstić information content (AvgIpc) is 2.68. The minimum Gasteiger partial charge on any atom is -0.430 e. The topological polar surface area (TPSA) is 69.1 Å². The molecule has 1 atom stereocenters. The molecule has 5 heteroatoms. The van der Waals surface area contributed by atoms with E-state index >= 15 is 0 Å². The maximum atomic E-state index is 11.8. The van der Waals surface area contributed by atoms with Crippen LogP contribution in [0, 0.1) is 0 Å². The summed E-state index contributed by atoms with van der Waals surface area (Å²) in [5.41, 5.74) is 7.56. The summed E-state index contributed by atoms with van der Waals surface area (Å²) >= 11 is 0. The molecule has 2 rings (SSSR count). The van der Waals surface area contributed by atoms with Gasteiger partial charge in [-0.25, -0.2) is 9.19 Å². The molecule has 2 aromatic rings. The van der Waals surface area contributed by atoms with Crippen molar-refractivity contribution in [1.29, 1.82) is 0 Å². The van der Waals surface area contributed by atoms with E-state index in [0.29, 0.717) is 27.8 Å². The standard InChI is InChI=1S/C11H14N2O2S/c1-2-3-6-16(14)11-13-9-7-8(12)4-5-10(9)15-11/h4-5,7H,2-3,6,12H2,1H3. The van der Waals surface area contributed by atoms with Crippen LogP contribution in [0.3, 0.4) is 0 Å². The first-order valence-electron chi connectivity index (χ1n) is 5.25. The van der Waals surface area contributed by atoms with Crippen molar-refractivity contribution in [3.05, 3.63) is 18.2 Å². The number of fused-ring (bicyclic) bond motifs is 1. The van der Waals surface area contributed by atoms with Gasteiger partial charge in [0.2, 0.25) is 0 Å². The Bertz CT molecular complexity index is 522. The molecule has 0 amide bonds. The van der Waals surface area contributed by atoms with E-state index in [-0.39, 0.29) is 0 Å². The number of hydrogen-bond donors (Lipinski definition) is 1. The number of nitrogen functional groups attached to an aromatic ring is 1. The van der Waals surface area contributed by atoms with Crippen molar-refractivity contribution >= 4 is 27.6 Å². The Morgan fingerprint density at radius 3 is 3.06 bits per heavy atom. The van der Waals surface area contributed by atoms with Crippen LogP contribution >= 0.6 is 0 Å². The number of nitrogens with two attached hydrogens (primary N) is 1.